The van der Waals surface area contributed by atoms with Gasteiger partial charge in [0.2, 0.25) is 17.6 Å². The molecule has 36 heavy (non-hydrogen) atoms. The van der Waals surface area contributed by atoms with Gasteiger partial charge >= 0.3 is 6.36 Å². The Morgan fingerprint density at radius 2 is 1.94 bits per heavy atom. The minimum Gasteiger partial charge on any atom is -0.406 e. The first-order chi connectivity index (χ1) is 17.3. The van der Waals surface area contributed by atoms with Gasteiger partial charge in [-0.25, -0.2) is 0 Å². The minimum absolute atomic E-state index is 0.113. The van der Waals surface area contributed by atoms with Crippen LogP contribution >= 0.6 is 0 Å². The molecule has 0 radical (unpaired) electrons. The van der Waals surface area contributed by atoms with E-state index in [1.54, 1.807) is 18.4 Å². The highest BCUT2D eigenvalue weighted by Crippen LogP contribution is 2.27. The molecule has 2 N–H and O–H groups in total. The highest BCUT2D eigenvalue weighted by Gasteiger charge is 2.31. The summed E-state index contributed by atoms with van der Waals surface area (Å²) in [4.78, 5) is 32.2. The van der Waals surface area contributed by atoms with E-state index in [0.29, 0.717) is 36.6 Å². The van der Waals surface area contributed by atoms with Crippen molar-refractivity contribution >= 4 is 18.0 Å². The molecule has 2 aliphatic heterocycles. The summed E-state index contributed by atoms with van der Waals surface area (Å²) in [6.07, 6.45) is 1.10. The summed E-state index contributed by atoms with van der Waals surface area (Å²) >= 11 is 0. The van der Waals surface area contributed by atoms with Gasteiger partial charge in [-0.1, -0.05) is 11.2 Å². The topological polar surface area (TPSA) is 143 Å². The number of nitrogens with one attached hydrogen (secondary N) is 2. The van der Waals surface area contributed by atoms with Crippen LogP contribution in [0.3, 0.4) is 0 Å². The number of dihydropyridines is 1. The van der Waals surface area contributed by atoms with Crippen LogP contribution < -0.4 is 15.4 Å². The summed E-state index contributed by atoms with van der Waals surface area (Å²) in [7, 11) is 0. The Morgan fingerprint density at radius 3 is 2.72 bits per heavy atom. The first-order valence-electron chi connectivity index (χ1n) is 10.9. The average Bonchev–Trinajstić information content (AvgIpc) is 3.33. The molecule has 4 rings (SSSR count). The summed E-state index contributed by atoms with van der Waals surface area (Å²) in [5.41, 5.74) is 0.960. The number of hydrogen-bond donors (Lipinski definition) is 2. The summed E-state index contributed by atoms with van der Waals surface area (Å²) in [5.74, 6) is -0.620. The highest BCUT2D eigenvalue weighted by atomic mass is 19.4. The number of carbonyl (C=O) groups is 2. The number of amides is 2. The van der Waals surface area contributed by atoms with Crippen LogP contribution in [0.4, 0.5) is 13.2 Å². The highest BCUT2D eigenvalue weighted by molar-refractivity contribution is 5.88. The number of fused-ring (bicyclic) bond motifs is 1. The second-order valence-electron chi connectivity index (χ2n) is 7.63. The Bertz CT molecular complexity index is 1230. The number of allylic oxidation sites excluding steroid dienone is 1. The molecule has 11 nitrogen and oxygen atoms in total. The number of nitrogens with zero attached hydrogens (tertiary/aromatic N) is 5. The zero-order valence-electron chi connectivity index (χ0n) is 18.7. The van der Waals surface area contributed by atoms with Gasteiger partial charge in [0.25, 0.3) is 5.91 Å². The number of hydrogen-bond acceptors (Lipinski definition) is 9. The lowest BCUT2D eigenvalue weighted by Gasteiger charge is -2.19. The molecule has 1 atom stereocenters. The molecule has 1 unspecified atom stereocenters. The van der Waals surface area contributed by atoms with Crippen LogP contribution in [0.1, 0.15) is 18.7 Å². The smallest absolute Gasteiger partial charge is 0.406 e. The summed E-state index contributed by atoms with van der Waals surface area (Å²) < 4.78 is 45.7. The number of aliphatic imine (C=N–C) groups is 1. The van der Waals surface area contributed by atoms with Gasteiger partial charge in [0, 0.05) is 37.7 Å². The van der Waals surface area contributed by atoms with Gasteiger partial charge in [-0.2, -0.15) is 4.98 Å². The van der Waals surface area contributed by atoms with E-state index in [-0.39, 0.29) is 42.1 Å². The SMILES string of the molecule is O=C(CCc1nc(-c2ccc(OC(F)(F)F)cc2)no1)NCCCNC1=C2N=CC=CC2C(=O)N=N1. The quantitative estimate of drug-likeness (QED) is 0.474. The zero-order valence-corrected chi connectivity index (χ0v) is 18.7. The van der Waals surface area contributed by atoms with Crippen molar-refractivity contribution in [1.29, 1.82) is 0 Å². The molecule has 3 heterocycles. The minimum atomic E-state index is -4.77. The number of carbonyl (C=O) groups excluding carboxylic acids is 2. The van der Waals surface area contributed by atoms with Crippen LogP contribution in [0.5, 0.6) is 5.75 Å². The Labute approximate surface area is 202 Å². The molecule has 1 aromatic carbocycles. The van der Waals surface area contributed by atoms with E-state index in [0.717, 1.165) is 12.1 Å². The Kier molecular flexibility index (Phi) is 7.51. The van der Waals surface area contributed by atoms with Gasteiger partial charge in [0.1, 0.15) is 17.4 Å². The maximum atomic E-state index is 12.3. The lowest BCUT2D eigenvalue weighted by atomic mass is 10.0. The number of benzene rings is 1. The number of rotatable bonds is 10. The van der Waals surface area contributed by atoms with Crippen molar-refractivity contribution in [3.05, 3.63) is 53.8 Å². The van der Waals surface area contributed by atoms with Gasteiger partial charge in [-0.15, -0.1) is 23.4 Å². The standard InChI is InChI=1S/C22H20F3N7O4/c23-22(24,25)35-14-6-4-13(5-7-14)19-29-17(36-32-19)9-8-16(33)26-11-2-12-28-20-18-15(3-1-10-27-18)21(34)31-30-20/h1,3-7,10,15,28H,2,8-9,11-12H2,(H,26,33). The molecular formula is C22H20F3N7O4. The molecule has 0 saturated carbocycles. The fourth-order valence-electron chi connectivity index (χ4n) is 3.31. The molecular weight excluding hydrogens is 483 g/mol. The molecule has 0 aliphatic carbocycles. The summed E-state index contributed by atoms with van der Waals surface area (Å²) in [6.45, 7) is 0.886. The number of aromatic nitrogens is 2. The predicted octanol–water partition coefficient (Wildman–Crippen LogP) is 3.08. The third-order valence-electron chi connectivity index (χ3n) is 5.00. The monoisotopic (exact) mass is 503 g/mol. The molecule has 0 saturated heterocycles. The summed E-state index contributed by atoms with van der Waals surface area (Å²) in [5, 5.41) is 17.1. The fourth-order valence-corrected chi connectivity index (χ4v) is 3.31. The number of ether oxygens (including phenoxy) is 1. The van der Waals surface area contributed by atoms with Crippen molar-refractivity contribution in [2.45, 2.75) is 25.6 Å². The van der Waals surface area contributed by atoms with Crippen molar-refractivity contribution in [3.63, 3.8) is 0 Å². The van der Waals surface area contributed by atoms with Crippen molar-refractivity contribution in [2.75, 3.05) is 13.1 Å². The van der Waals surface area contributed by atoms with E-state index < -0.39 is 12.3 Å². The van der Waals surface area contributed by atoms with Crippen LogP contribution in [0.25, 0.3) is 11.4 Å². The Morgan fingerprint density at radius 1 is 1.14 bits per heavy atom. The first kappa shape index (κ1) is 24.8. The Hall–Kier alpha value is -4.36. The second-order valence-corrected chi connectivity index (χ2v) is 7.63. The molecule has 2 aromatic rings. The van der Waals surface area contributed by atoms with E-state index in [9.17, 15) is 22.8 Å². The van der Waals surface area contributed by atoms with Crippen molar-refractivity contribution in [3.8, 4) is 17.1 Å². The number of alkyl halides is 3. The van der Waals surface area contributed by atoms with Crippen LogP contribution in [-0.4, -0.2) is 47.6 Å². The zero-order chi connectivity index (χ0) is 25.5. The molecule has 14 heteroatoms. The molecule has 0 fully saturated rings. The molecule has 2 amide bonds. The number of azo groups is 1. The normalized spacial score (nSPS) is 16.8. The largest absolute Gasteiger partial charge is 0.573 e. The van der Waals surface area contributed by atoms with E-state index in [1.165, 1.54) is 12.1 Å². The maximum absolute atomic E-state index is 12.3. The summed E-state index contributed by atoms with van der Waals surface area (Å²) in [6, 6.07) is 5.04. The maximum Gasteiger partial charge on any atom is 0.573 e. The molecule has 0 spiro atoms. The fraction of sp³-hybridized carbons (Fsp3) is 0.318. The van der Waals surface area contributed by atoms with Gasteiger partial charge in [-0.05, 0) is 36.8 Å². The third kappa shape index (κ3) is 6.61. The van der Waals surface area contributed by atoms with Gasteiger partial charge in [0.15, 0.2) is 5.82 Å². The van der Waals surface area contributed by atoms with Crippen LogP contribution in [0.15, 0.2) is 67.7 Å². The third-order valence-corrected chi connectivity index (χ3v) is 5.00. The van der Waals surface area contributed by atoms with Crippen LogP contribution in [0, 0.1) is 5.92 Å². The van der Waals surface area contributed by atoms with Gasteiger partial charge < -0.3 is 19.9 Å². The van der Waals surface area contributed by atoms with Crippen molar-refractivity contribution in [2.24, 2.45) is 21.1 Å². The van der Waals surface area contributed by atoms with Crippen LogP contribution in [0.2, 0.25) is 0 Å². The van der Waals surface area contributed by atoms with Crippen LogP contribution in [-0.2, 0) is 16.0 Å². The molecule has 188 valence electrons. The van der Waals surface area contributed by atoms with E-state index >= 15 is 0 Å². The van der Waals surface area contributed by atoms with Gasteiger partial charge in [0.05, 0.1) is 0 Å². The van der Waals surface area contributed by atoms with Crippen molar-refractivity contribution < 1.29 is 32.0 Å². The van der Waals surface area contributed by atoms with E-state index in [2.05, 4.69) is 40.7 Å². The second kappa shape index (κ2) is 10.9. The predicted molar refractivity (Wildman–Crippen MR) is 118 cm³/mol. The van der Waals surface area contributed by atoms with E-state index in [4.69, 9.17) is 4.52 Å². The lowest BCUT2D eigenvalue weighted by Crippen LogP contribution is -2.29. The van der Waals surface area contributed by atoms with E-state index in [1.807, 2.05) is 0 Å². The van der Waals surface area contributed by atoms with Crippen molar-refractivity contribution in [1.82, 2.24) is 20.8 Å². The molecule has 2 aliphatic rings. The Balaban J connectivity index is 1.16. The lowest BCUT2D eigenvalue weighted by molar-refractivity contribution is -0.274. The average molecular weight is 503 g/mol. The molecule has 0 bridgehead atoms. The van der Waals surface area contributed by atoms with Gasteiger partial charge in [-0.3, -0.25) is 14.6 Å². The first-order valence-corrected chi connectivity index (χ1v) is 10.9. The molecule has 1 aromatic heterocycles. The number of aryl methyl sites for hydroxylation is 1. The number of halogens is 3.